The van der Waals surface area contributed by atoms with E-state index in [0.717, 1.165) is 16.4 Å². The monoisotopic (exact) mass is 543 g/mol. The first-order chi connectivity index (χ1) is 15.9. The summed E-state index contributed by atoms with van der Waals surface area (Å²) in [6.45, 7) is 10.2. The molecule has 0 aliphatic heterocycles. The minimum absolute atomic E-state index is 0.271. The number of alkyl halides is 3. The summed E-state index contributed by atoms with van der Waals surface area (Å²) in [7, 11) is -3.74. The van der Waals surface area contributed by atoms with E-state index in [0.29, 0.717) is 27.3 Å². The van der Waals surface area contributed by atoms with E-state index in [1.807, 2.05) is 33.9 Å². The molecule has 0 saturated carbocycles. The number of hydrogen-bond acceptors (Lipinski definition) is 3. The Morgan fingerprint density at radius 2 is 1.40 bits per heavy atom. The third-order valence-corrected chi connectivity index (χ3v) is 13.9. The largest absolute Gasteiger partial charge is 0.416 e. The highest BCUT2D eigenvalue weighted by Gasteiger charge is 2.45. The number of hydrogen-bond donors (Lipinski definition) is 0. The quantitative estimate of drug-likeness (QED) is 0.357. The minimum atomic E-state index is -4.49. The number of halogens is 4. The van der Waals surface area contributed by atoms with Gasteiger partial charge >= 0.3 is 16.4 Å². The number of nitrogens with zero attached hydrogens (tertiary/aromatic N) is 3. The summed E-state index contributed by atoms with van der Waals surface area (Å²) in [5.41, 5.74) is 1.13. The van der Waals surface area contributed by atoms with Crippen molar-refractivity contribution in [3.63, 3.8) is 0 Å². The molecule has 0 spiro atoms. The zero-order chi connectivity index (χ0) is 26.6. The zero-order valence-electron chi connectivity index (χ0n) is 20.7. The lowest BCUT2D eigenvalue weighted by Gasteiger charge is -2.36. The number of aromatic nitrogens is 2. The number of benzene rings is 2. The molecule has 0 unspecified atom stereocenters. The van der Waals surface area contributed by atoms with Crippen molar-refractivity contribution in [1.82, 2.24) is 13.3 Å². The molecule has 0 radical (unpaired) electrons. The molecule has 0 amide bonds. The summed E-state index contributed by atoms with van der Waals surface area (Å²) in [6, 6.07) is 11.3. The van der Waals surface area contributed by atoms with Gasteiger partial charge in [0.25, 0.3) is 0 Å². The molecule has 0 N–H and O–H groups in total. The maximum atomic E-state index is 13.7. The maximum Gasteiger partial charge on any atom is 0.416 e. The van der Waals surface area contributed by atoms with Gasteiger partial charge < -0.3 is 0 Å². The van der Waals surface area contributed by atoms with Crippen molar-refractivity contribution >= 4 is 35.3 Å². The van der Waals surface area contributed by atoms with Crippen molar-refractivity contribution < 1.29 is 21.6 Å². The first-order valence-electron chi connectivity index (χ1n) is 10.9. The Morgan fingerprint density at radius 3 is 1.83 bits per heavy atom. The van der Waals surface area contributed by atoms with E-state index in [9.17, 15) is 21.6 Å². The lowest BCUT2D eigenvalue weighted by Crippen LogP contribution is -2.56. The van der Waals surface area contributed by atoms with Gasteiger partial charge in [-0.2, -0.15) is 25.9 Å². The zero-order valence-corrected chi connectivity index (χ0v) is 23.3. The average Bonchev–Trinajstić information content (AvgIpc) is 3.15. The fourth-order valence-electron chi connectivity index (χ4n) is 3.40. The summed E-state index contributed by atoms with van der Waals surface area (Å²) in [6.07, 6.45) is -4.49. The normalized spacial score (nSPS) is 13.5. The number of imidazole rings is 1. The van der Waals surface area contributed by atoms with Gasteiger partial charge in [0.05, 0.1) is 17.0 Å². The topological polar surface area (TPSA) is 55.2 Å². The highest BCUT2D eigenvalue weighted by Crippen LogP contribution is 2.40. The Hall–Kier alpha value is -2.14. The van der Waals surface area contributed by atoms with Gasteiger partial charge in [0, 0.05) is 30.2 Å². The van der Waals surface area contributed by atoms with Gasteiger partial charge in [-0.15, -0.1) is 0 Å². The highest BCUT2D eigenvalue weighted by atomic mass is 35.5. The molecule has 0 aliphatic rings. The molecule has 3 aromatic rings. The van der Waals surface area contributed by atoms with Crippen LogP contribution in [0.15, 0.2) is 48.5 Å². The van der Waals surface area contributed by atoms with Crippen molar-refractivity contribution in [3.8, 4) is 22.5 Å². The molecule has 0 saturated heterocycles. The van der Waals surface area contributed by atoms with E-state index in [1.54, 1.807) is 24.3 Å². The van der Waals surface area contributed by atoms with E-state index in [4.69, 9.17) is 16.6 Å². The van der Waals surface area contributed by atoms with Crippen LogP contribution in [0.25, 0.3) is 22.5 Å². The Labute approximate surface area is 210 Å². The van der Waals surface area contributed by atoms with E-state index in [-0.39, 0.29) is 10.7 Å². The summed E-state index contributed by atoms with van der Waals surface area (Å²) in [4.78, 5) is 4.86. The van der Waals surface area contributed by atoms with E-state index in [2.05, 4.69) is 0 Å². The van der Waals surface area contributed by atoms with Crippen LogP contribution in [0.3, 0.4) is 0 Å². The molecule has 0 fully saturated rings. The predicted molar refractivity (Wildman–Crippen MR) is 138 cm³/mol. The van der Waals surface area contributed by atoms with Crippen molar-refractivity contribution in [2.45, 2.75) is 45.1 Å². The predicted octanol–water partition coefficient (Wildman–Crippen LogP) is 6.26. The van der Waals surface area contributed by atoms with E-state index >= 15 is 0 Å². The Balaban J connectivity index is 2.49. The van der Waals surface area contributed by atoms with Crippen molar-refractivity contribution in [3.05, 3.63) is 59.1 Å². The SMILES string of the molecule is CN(C)S(=O)(=O)n1c([Si](C)(C)C(C)(C)C)nc(-c2ccc(C(F)(F)F)cc2)c1-c1ccc(Cl)cc1. The van der Waals surface area contributed by atoms with Gasteiger partial charge in [-0.1, -0.05) is 69.7 Å². The lowest BCUT2D eigenvalue weighted by atomic mass is 10.0. The molecule has 1 aromatic heterocycles. The van der Waals surface area contributed by atoms with Crippen molar-refractivity contribution in [2.24, 2.45) is 0 Å². The molecule has 0 aliphatic carbocycles. The van der Waals surface area contributed by atoms with Crippen LogP contribution in [-0.4, -0.2) is 43.8 Å². The van der Waals surface area contributed by atoms with E-state index < -0.39 is 30.0 Å². The third kappa shape index (κ3) is 5.07. The van der Waals surface area contributed by atoms with Crippen LogP contribution < -0.4 is 5.45 Å². The van der Waals surface area contributed by atoms with Crippen LogP contribution in [0.1, 0.15) is 26.3 Å². The smallest absolute Gasteiger partial charge is 0.237 e. The Kier molecular flexibility index (Phi) is 7.11. The fraction of sp³-hybridized carbons (Fsp3) is 0.375. The molecule has 11 heteroatoms. The first kappa shape index (κ1) is 27.4. The second-order valence-corrected chi connectivity index (χ2v) is 17.8. The second-order valence-electron chi connectivity index (χ2n) is 10.1. The Bertz CT molecular complexity index is 1330. The standard InChI is InChI=1S/C24H29ClF3N3O2SSi/c1-23(2,3)35(6,7)22-29-20(16-8-12-18(13-9-16)24(26,27)28)21(17-10-14-19(25)15-11-17)31(22)34(32,33)30(4)5/h8-15H,1-7H3. The average molecular weight is 544 g/mol. The van der Waals surface area contributed by atoms with Crippen LogP contribution in [0.4, 0.5) is 13.2 Å². The van der Waals surface area contributed by atoms with Gasteiger partial charge in [-0.3, -0.25) is 0 Å². The third-order valence-electron chi connectivity index (χ3n) is 6.57. The van der Waals surface area contributed by atoms with Crippen LogP contribution in [0.5, 0.6) is 0 Å². The van der Waals surface area contributed by atoms with Crippen molar-refractivity contribution in [1.29, 1.82) is 0 Å². The maximum absolute atomic E-state index is 13.7. The summed E-state index contributed by atoms with van der Waals surface area (Å²) < 4.78 is 69.4. The number of rotatable bonds is 5. The molecule has 35 heavy (non-hydrogen) atoms. The molecule has 3 rings (SSSR count). The van der Waals surface area contributed by atoms with E-state index in [1.165, 1.54) is 30.2 Å². The van der Waals surface area contributed by atoms with Gasteiger partial charge in [0.2, 0.25) is 0 Å². The first-order valence-corrected chi connectivity index (χ1v) is 15.7. The highest BCUT2D eigenvalue weighted by molar-refractivity contribution is 7.87. The van der Waals surface area contributed by atoms with Crippen LogP contribution >= 0.6 is 11.6 Å². The molecule has 0 bridgehead atoms. The molecule has 5 nitrogen and oxygen atoms in total. The Morgan fingerprint density at radius 1 is 0.914 bits per heavy atom. The molecule has 190 valence electrons. The molecule has 0 atom stereocenters. The van der Waals surface area contributed by atoms with Crippen LogP contribution in [-0.2, 0) is 16.4 Å². The van der Waals surface area contributed by atoms with Gasteiger partial charge in [-0.25, -0.2) is 8.96 Å². The molecular formula is C24H29ClF3N3O2SSi. The summed E-state index contributed by atoms with van der Waals surface area (Å²) >= 11 is 6.09. The fourth-order valence-corrected chi connectivity index (χ4v) is 7.25. The second kappa shape index (κ2) is 9.06. The minimum Gasteiger partial charge on any atom is -0.237 e. The van der Waals surface area contributed by atoms with Crippen LogP contribution in [0.2, 0.25) is 23.2 Å². The van der Waals surface area contributed by atoms with Gasteiger partial charge in [-0.05, 0) is 29.3 Å². The lowest BCUT2D eigenvalue weighted by molar-refractivity contribution is -0.137. The van der Waals surface area contributed by atoms with Gasteiger partial charge in [0.15, 0.2) is 0 Å². The summed E-state index contributed by atoms with van der Waals surface area (Å²) in [5.74, 6) is 0. The van der Waals surface area contributed by atoms with Crippen LogP contribution in [0, 0.1) is 0 Å². The molecule has 1 heterocycles. The molecule has 2 aromatic carbocycles. The van der Waals surface area contributed by atoms with Gasteiger partial charge in [0.1, 0.15) is 13.5 Å². The molecular weight excluding hydrogens is 515 g/mol. The summed E-state index contributed by atoms with van der Waals surface area (Å²) in [5, 5.41) is 0.197. The van der Waals surface area contributed by atoms with Crippen molar-refractivity contribution in [2.75, 3.05) is 14.1 Å².